The van der Waals surface area contributed by atoms with Gasteiger partial charge in [-0.15, -0.1) is 0 Å². The predicted octanol–water partition coefficient (Wildman–Crippen LogP) is 3.72. The van der Waals surface area contributed by atoms with Gasteiger partial charge in [0.2, 0.25) is 0 Å². The number of hydrazone groups is 1. The highest BCUT2D eigenvalue weighted by molar-refractivity contribution is 9.10. The molecule has 140 valence electrons. The smallest absolute Gasteiger partial charge is 0.260 e. The second-order valence-corrected chi connectivity index (χ2v) is 7.17. The number of rotatable bonds is 5. The quantitative estimate of drug-likeness (QED) is 0.488. The Kier molecular flexibility index (Phi) is 4.83. The predicted molar refractivity (Wildman–Crippen MR) is 112 cm³/mol. The van der Waals surface area contributed by atoms with Gasteiger partial charge in [0.1, 0.15) is 12.3 Å². The molecule has 3 aromatic rings. The first-order valence-electron chi connectivity index (χ1n) is 8.57. The van der Waals surface area contributed by atoms with E-state index in [1.807, 2.05) is 42.5 Å². The Morgan fingerprint density at radius 3 is 2.79 bits per heavy atom. The average Bonchev–Trinajstić information content (AvgIpc) is 2.96. The number of anilines is 1. The molecule has 0 saturated heterocycles. The fourth-order valence-corrected chi connectivity index (χ4v) is 3.67. The SMILES string of the molecule is COc1ccc(Br)cc1/C=N/NC(=O)CN1C(=O)c2cccc3cccc1c23. The fraction of sp³-hybridized carbons (Fsp3) is 0.0952. The largest absolute Gasteiger partial charge is 0.496 e. The van der Waals surface area contributed by atoms with Crippen molar-refractivity contribution in [2.24, 2.45) is 5.10 Å². The molecule has 28 heavy (non-hydrogen) atoms. The number of ether oxygens (including phenoxy) is 1. The molecule has 1 aliphatic heterocycles. The van der Waals surface area contributed by atoms with Crippen LogP contribution in [0.1, 0.15) is 15.9 Å². The van der Waals surface area contributed by atoms with Crippen LogP contribution in [0.3, 0.4) is 0 Å². The molecule has 0 aromatic heterocycles. The number of nitrogens with one attached hydrogen (secondary N) is 1. The van der Waals surface area contributed by atoms with Gasteiger partial charge in [0.05, 0.1) is 19.0 Å². The zero-order valence-electron chi connectivity index (χ0n) is 15.0. The van der Waals surface area contributed by atoms with Crippen molar-refractivity contribution in [3.63, 3.8) is 0 Å². The van der Waals surface area contributed by atoms with Gasteiger partial charge in [-0.25, -0.2) is 5.43 Å². The van der Waals surface area contributed by atoms with Gasteiger partial charge >= 0.3 is 0 Å². The van der Waals surface area contributed by atoms with Crippen molar-refractivity contribution in [1.82, 2.24) is 5.43 Å². The van der Waals surface area contributed by atoms with Crippen LogP contribution in [0.25, 0.3) is 10.8 Å². The molecule has 3 aromatic carbocycles. The second kappa shape index (κ2) is 7.44. The summed E-state index contributed by atoms with van der Waals surface area (Å²) in [6, 6.07) is 16.7. The van der Waals surface area contributed by atoms with Gasteiger partial charge in [0, 0.05) is 21.0 Å². The van der Waals surface area contributed by atoms with Crippen LogP contribution in [0.15, 0.2) is 64.2 Å². The minimum Gasteiger partial charge on any atom is -0.496 e. The van der Waals surface area contributed by atoms with Crippen molar-refractivity contribution < 1.29 is 14.3 Å². The molecule has 6 nitrogen and oxygen atoms in total. The summed E-state index contributed by atoms with van der Waals surface area (Å²) in [6.45, 7) is -0.112. The maximum atomic E-state index is 12.7. The molecule has 1 N–H and O–H groups in total. The average molecular weight is 438 g/mol. The maximum absolute atomic E-state index is 12.7. The van der Waals surface area contributed by atoms with Crippen LogP contribution in [0.4, 0.5) is 5.69 Å². The Hall–Kier alpha value is -3.19. The Balaban J connectivity index is 1.49. The van der Waals surface area contributed by atoms with E-state index in [2.05, 4.69) is 26.5 Å². The Morgan fingerprint density at radius 1 is 1.21 bits per heavy atom. The summed E-state index contributed by atoms with van der Waals surface area (Å²) in [7, 11) is 1.57. The third-order valence-electron chi connectivity index (χ3n) is 4.54. The van der Waals surface area contributed by atoms with E-state index in [9.17, 15) is 9.59 Å². The summed E-state index contributed by atoms with van der Waals surface area (Å²) in [5.41, 5.74) is 4.54. The molecule has 0 aliphatic carbocycles. The van der Waals surface area contributed by atoms with Crippen molar-refractivity contribution in [2.45, 2.75) is 0 Å². The number of hydrogen-bond acceptors (Lipinski definition) is 4. The Labute approximate surface area is 169 Å². The van der Waals surface area contributed by atoms with Crippen LogP contribution >= 0.6 is 15.9 Å². The molecule has 0 saturated carbocycles. The molecule has 4 rings (SSSR count). The third kappa shape index (κ3) is 3.25. The number of carbonyl (C=O) groups excluding carboxylic acids is 2. The highest BCUT2D eigenvalue weighted by Gasteiger charge is 2.30. The van der Waals surface area contributed by atoms with E-state index in [-0.39, 0.29) is 18.4 Å². The molecule has 0 fully saturated rings. The highest BCUT2D eigenvalue weighted by Crippen LogP contribution is 2.36. The van der Waals surface area contributed by atoms with E-state index >= 15 is 0 Å². The van der Waals surface area contributed by atoms with Crippen LogP contribution < -0.4 is 15.1 Å². The Morgan fingerprint density at radius 2 is 2.00 bits per heavy atom. The van der Waals surface area contributed by atoms with Gasteiger partial charge in [-0.3, -0.25) is 14.5 Å². The van der Waals surface area contributed by atoms with Crippen LogP contribution in [0.5, 0.6) is 5.75 Å². The van der Waals surface area contributed by atoms with E-state index in [0.717, 1.165) is 20.9 Å². The fourth-order valence-electron chi connectivity index (χ4n) is 3.29. The van der Waals surface area contributed by atoms with Gasteiger partial charge in [-0.2, -0.15) is 5.10 Å². The number of hydrogen-bond donors (Lipinski definition) is 1. The van der Waals surface area contributed by atoms with E-state index in [4.69, 9.17) is 4.74 Å². The van der Waals surface area contributed by atoms with Crippen LogP contribution in [0.2, 0.25) is 0 Å². The van der Waals surface area contributed by atoms with Crippen LogP contribution in [-0.4, -0.2) is 31.7 Å². The highest BCUT2D eigenvalue weighted by atomic mass is 79.9. The second-order valence-electron chi connectivity index (χ2n) is 6.25. The van der Waals surface area contributed by atoms with Crippen molar-refractivity contribution in [3.8, 4) is 5.75 Å². The summed E-state index contributed by atoms with van der Waals surface area (Å²) >= 11 is 3.39. The van der Waals surface area contributed by atoms with Gasteiger partial charge in [0.15, 0.2) is 0 Å². The van der Waals surface area contributed by atoms with Gasteiger partial charge in [0.25, 0.3) is 11.8 Å². The van der Waals surface area contributed by atoms with Crippen molar-refractivity contribution in [2.75, 3.05) is 18.6 Å². The lowest BCUT2D eigenvalue weighted by molar-refractivity contribution is -0.119. The standard InChI is InChI=1S/C21H16BrN3O3/c1-28-18-9-8-15(22)10-14(18)11-23-24-19(26)12-25-17-7-3-5-13-4-2-6-16(20(13)17)21(25)27/h2-11H,12H2,1H3,(H,24,26)/b23-11+. The summed E-state index contributed by atoms with van der Waals surface area (Å²) in [5.74, 6) is 0.0704. The molecule has 0 unspecified atom stereocenters. The monoisotopic (exact) mass is 437 g/mol. The lowest BCUT2D eigenvalue weighted by Crippen LogP contribution is -2.37. The van der Waals surface area contributed by atoms with E-state index in [1.165, 1.54) is 11.1 Å². The van der Waals surface area contributed by atoms with Gasteiger partial charge < -0.3 is 4.74 Å². The molecular formula is C21H16BrN3O3. The normalized spacial score (nSPS) is 12.8. The third-order valence-corrected chi connectivity index (χ3v) is 5.03. The topological polar surface area (TPSA) is 71.0 Å². The minimum atomic E-state index is -0.386. The van der Waals surface area contributed by atoms with Gasteiger partial charge in [-0.05, 0) is 35.7 Å². The zero-order chi connectivity index (χ0) is 19.7. The maximum Gasteiger partial charge on any atom is 0.260 e. The van der Waals surface area contributed by atoms with Gasteiger partial charge in [-0.1, -0.05) is 40.2 Å². The van der Waals surface area contributed by atoms with Crippen molar-refractivity contribution in [1.29, 1.82) is 0 Å². The molecule has 1 heterocycles. The minimum absolute atomic E-state index is 0.112. The first-order valence-corrected chi connectivity index (χ1v) is 9.37. The Bertz CT molecular complexity index is 1120. The first-order chi connectivity index (χ1) is 13.6. The number of nitrogens with zero attached hydrogens (tertiary/aromatic N) is 2. The van der Waals surface area contributed by atoms with E-state index in [1.54, 1.807) is 19.2 Å². The molecule has 0 atom stereocenters. The molecule has 0 radical (unpaired) electrons. The molecule has 1 aliphatic rings. The lowest BCUT2D eigenvalue weighted by atomic mass is 10.1. The number of carbonyl (C=O) groups is 2. The van der Waals surface area contributed by atoms with Crippen molar-refractivity contribution >= 4 is 50.4 Å². The number of benzene rings is 3. The summed E-state index contributed by atoms with van der Waals surface area (Å²) in [6.07, 6.45) is 1.50. The summed E-state index contributed by atoms with van der Waals surface area (Å²) in [5, 5.41) is 5.85. The lowest BCUT2D eigenvalue weighted by Gasteiger charge is -2.16. The summed E-state index contributed by atoms with van der Waals surface area (Å²) in [4.78, 5) is 26.6. The number of halogens is 1. The first kappa shape index (κ1) is 18.2. The van der Waals surface area contributed by atoms with Crippen LogP contribution in [-0.2, 0) is 4.79 Å². The number of methoxy groups -OCH3 is 1. The van der Waals surface area contributed by atoms with E-state index < -0.39 is 0 Å². The molecule has 2 amide bonds. The van der Waals surface area contributed by atoms with E-state index in [0.29, 0.717) is 16.9 Å². The molecule has 0 bridgehead atoms. The zero-order valence-corrected chi connectivity index (χ0v) is 16.6. The van der Waals surface area contributed by atoms with Crippen molar-refractivity contribution in [3.05, 3.63) is 70.2 Å². The summed E-state index contributed by atoms with van der Waals surface area (Å²) < 4.78 is 6.14. The molecular weight excluding hydrogens is 422 g/mol. The molecule has 7 heteroatoms. The number of amides is 2. The van der Waals surface area contributed by atoms with Crippen LogP contribution in [0, 0.1) is 0 Å². The molecule has 0 spiro atoms.